The van der Waals surface area contributed by atoms with Crippen LogP contribution in [0.5, 0.6) is 0 Å². The number of carbonyl (C=O) groups is 1. The van der Waals surface area contributed by atoms with Crippen molar-refractivity contribution in [1.29, 1.82) is 0 Å². The first kappa shape index (κ1) is 18.5. The van der Waals surface area contributed by atoms with Crippen molar-refractivity contribution >= 4 is 28.2 Å². The zero-order valence-corrected chi connectivity index (χ0v) is 17.2. The Bertz CT molecular complexity index is 971. The molecule has 5 rings (SSSR count). The summed E-state index contributed by atoms with van der Waals surface area (Å²) < 4.78 is 2.09. The number of rotatable bonds is 4. The number of hydrogen-bond acceptors (Lipinski definition) is 7. The van der Waals surface area contributed by atoms with Crippen LogP contribution in [0.1, 0.15) is 35.4 Å². The molecule has 8 nitrogen and oxygen atoms in total. The molecule has 9 heteroatoms. The molecule has 0 bridgehead atoms. The van der Waals surface area contributed by atoms with Crippen LogP contribution in [0, 0.1) is 0 Å². The van der Waals surface area contributed by atoms with Crippen LogP contribution in [-0.4, -0.2) is 74.3 Å². The second-order valence-electron chi connectivity index (χ2n) is 7.63. The Balaban J connectivity index is 1.32. The lowest BCUT2D eigenvalue weighted by atomic mass is 10.1. The quantitative estimate of drug-likeness (QED) is 0.655. The lowest BCUT2D eigenvalue weighted by molar-refractivity contribution is 0.0716. The molecule has 0 atom stereocenters. The molecule has 5 heterocycles. The molecule has 2 aliphatic rings. The Kier molecular flexibility index (Phi) is 5.15. The zero-order valence-electron chi connectivity index (χ0n) is 16.4. The van der Waals surface area contributed by atoms with Gasteiger partial charge in [0.25, 0.3) is 5.91 Å². The summed E-state index contributed by atoms with van der Waals surface area (Å²) in [6.07, 6.45) is 8.99. The molecule has 1 amide bonds. The minimum Gasteiger partial charge on any atom is -0.338 e. The maximum absolute atomic E-state index is 13.2. The van der Waals surface area contributed by atoms with Gasteiger partial charge in [-0.1, -0.05) is 0 Å². The number of nitrogens with zero attached hydrogens (tertiary/aromatic N) is 7. The van der Waals surface area contributed by atoms with Crippen LogP contribution in [0.25, 0.3) is 4.96 Å². The average molecular weight is 412 g/mol. The second-order valence-corrected chi connectivity index (χ2v) is 8.50. The summed E-state index contributed by atoms with van der Waals surface area (Å²) in [6, 6.07) is 1.84. The van der Waals surface area contributed by atoms with E-state index >= 15 is 0 Å². The Hall–Kier alpha value is -2.52. The Morgan fingerprint density at radius 1 is 1.00 bits per heavy atom. The number of aromatic nitrogens is 4. The highest BCUT2D eigenvalue weighted by Crippen LogP contribution is 2.23. The molecule has 3 aromatic heterocycles. The van der Waals surface area contributed by atoms with Crippen LogP contribution in [0.4, 0.5) is 5.95 Å². The standard InChI is InChI=1S/C20H25N7OS/c28-18(25-7-2-1-3-8-25)17-16(27-13-14-29-20(27)23-17)15-24-9-11-26(12-10-24)19-21-5-4-6-22-19/h4-6,13-14H,1-3,7-12,15H2. The smallest absolute Gasteiger partial charge is 0.274 e. The van der Waals surface area contributed by atoms with E-state index in [0.717, 1.165) is 75.3 Å². The van der Waals surface area contributed by atoms with E-state index in [1.807, 2.05) is 22.5 Å². The first-order chi connectivity index (χ1) is 14.3. The molecule has 0 radical (unpaired) electrons. The molecule has 2 saturated heterocycles. The molecule has 152 valence electrons. The highest BCUT2D eigenvalue weighted by molar-refractivity contribution is 7.15. The molecule has 3 aromatic rings. The number of piperidine rings is 1. The normalized spacial score (nSPS) is 18.5. The highest BCUT2D eigenvalue weighted by atomic mass is 32.1. The predicted molar refractivity (Wildman–Crippen MR) is 112 cm³/mol. The number of amides is 1. The maximum Gasteiger partial charge on any atom is 0.274 e. The summed E-state index contributed by atoms with van der Waals surface area (Å²) >= 11 is 1.58. The third-order valence-electron chi connectivity index (χ3n) is 5.79. The van der Waals surface area contributed by atoms with Crippen LogP contribution >= 0.6 is 11.3 Å². The molecule has 0 saturated carbocycles. The van der Waals surface area contributed by atoms with Gasteiger partial charge in [0.1, 0.15) is 0 Å². The molecule has 0 aliphatic carbocycles. The third-order valence-corrected chi connectivity index (χ3v) is 6.54. The van der Waals surface area contributed by atoms with E-state index in [4.69, 9.17) is 4.98 Å². The molecule has 2 fully saturated rings. The van der Waals surface area contributed by atoms with Crippen LogP contribution in [0.3, 0.4) is 0 Å². The Labute approximate surface area is 173 Å². The first-order valence-corrected chi connectivity index (χ1v) is 11.2. The van der Waals surface area contributed by atoms with Gasteiger partial charge in [0.15, 0.2) is 10.7 Å². The predicted octanol–water partition coefficient (Wildman–Crippen LogP) is 2.13. The first-order valence-electron chi connectivity index (χ1n) is 10.3. The lowest BCUT2D eigenvalue weighted by Gasteiger charge is -2.34. The molecule has 0 spiro atoms. The van der Waals surface area contributed by atoms with E-state index in [1.54, 1.807) is 23.7 Å². The van der Waals surface area contributed by atoms with Crippen LogP contribution in [0.2, 0.25) is 0 Å². The molecule has 0 N–H and O–H groups in total. The van der Waals surface area contributed by atoms with Crippen molar-refractivity contribution in [3.63, 3.8) is 0 Å². The maximum atomic E-state index is 13.2. The van der Waals surface area contributed by atoms with Crippen LogP contribution in [-0.2, 0) is 6.54 Å². The number of fused-ring (bicyclic) bond motifs is 1. The van der Waals surface area contributed by atoms with Gasteiger partial charge < -0.3 is 9.80 Å². The van der Waals surface area contributed by atoms with Gasteiger partial charge in [-0.15, -0.1) is 11.3 Å². The van der Waals surface area contributed by atoms with Gasteiger partial charge in [0, 0.05) is 69.8 Å². The number of likely N-dealkylation sites (tertiary alicyclic amines) is 1. The van der Waals surface area contributed by atoms with E-state index in [-0.39, 0.29) is 5.91 Å². The lowest BCUT2D eigenvalue weighted by Crippen LogP contribution is -2.47. The summed E-state index contributed by atoms with van der Waals surface area (Å²) in [7, 11) is 0. The average Bonchev–Trinajstić information content (AvgIpc) is 3.38. The largest absolute Gasteiger partial charge is 0.338 e. The minimum atomic E-state index is 0.0897. The van der Waals surface area contributed by atoms with Gasteiger partial charge in [-0.25, -0.2) is 15.0 Å². The number of anilines is 1. The number of thiazole rings is 1. The number of carbonyl (C=O) groups excluding carboxylic acids is 1. The van der Waals surface area contributed by atoms with Gasteiger partial charge in [0.05, 0.1) is 5.69 Å². The fourth-order valence-corrected chi connectivity index (χ4v) is 4.91. The molecular formula is C20H25N7OS. The van der Waals surface area contributed by atoms with Crippen molar-refractivity contribution in [2.24, 2.45) is 0 Å². The number of imidazole rings is 1. The Morgan fingerprint density at radius 3 is 2.52 bits per heavy atom. The van der Waals surface area contributed by atoms with Crippen molar-refractivity contribution in [2.75, 3.05) is 44.2 Å². The number of hydrogen-bond donors (Lipinski definition) is 0. The molecule has 2 aliphatic heterocycles. The van der Waals surface area contributed by atoms with Gasteiger partial charge in [0.2, 0.25) is 5.95 Å². The van der Waals surface area contributed by atoms with E-state index in [9.17, 15) is 4.79 Å². The topological polar surface area (TPSA) is 69.9 Å². The molecule has 0 unspecified atom stereocenters. The van der Waals surface area contributed by atoms with Crippen molar-refractivity contribution in [3.05, 3.63) is 41.4 Å². The van der Waals surface area contributed by atoms with E-state index in [0.29, 0.717) is 5.69 Å². The number of piperazine rings is 1. The summed E-state index contributed by atoms with van der Waals surface area (Å²) in [5, 5.41) is 2.03. The summed E-state index contributed by atoms with van der Waals surface area (Å²) in [4.78, 5) is 34.1. The van der Waals surface area contributed by atoms with Crippen LogP contribution < -0.4 is 4.90 Å². The van der Waals surface area contributed by atoms with Crippen molar-refractivity contribution in [2.45, 2.75) is 25.8 Å². The van der Waals surface area contributed by atoms with Crippen molar-refractivity contribution in [3.8, 4) is 0 Å². The summed E-state index contributed by atoms with van der Waals surface area (Å²) in [5.41, 5.74) is 1.65. The molecular weight excluding hydrogens is 386 g/mol. The van der Waals surface area contributed by atoms with E-state index in [1.165, 1.54) is 6.42 Å². The highest BCUT2D eigenvalue weighted by Gasteiger charge is 2.28. The summed E-state index contributed by atoms with van der Waals surface area (Å²) in [6.45, 7) is 6.00. The fourth-order valence-electron chi connectivity index (χ4n) is 4.17. The minimum absolute atomic E-state index is 0.0897. The van der Waals surface area contributed by atoms with Gasteiger partial charge >= 0.3 is 0 Å². The van der Waals surface area contributed by atoms with E-state index < -0.39 is 0 Å². The summed E-state index contributed by atoms with van der Waals surface area (Å²) in [5.74, 6) is 0.879. The zero-order chi connectivity index (χ0) is 19.6. The van der Waals surface area contributed by atoms with E-state index in [2.05, 4.69) is 24.2 Å². The van der Waals surface area contributed by atoms with Crippen molar-refractivity contribution in [1.82, 2.24) is 29.2 Å². The monoisotopic (exact) mass is 411 g/mol. The third kappa shape index (κ3) is 3.72. The second kappa shape index (κ2) is 8.08. The fraction of sp³-hybridized carbons (Fsp3) is 0.500. The van der Waals surface area contributed by atoms with Gasteiger partial charge in [-0.05, 0) is 25.3 Å². The van der Waals surface area contributed by atoms with Gasteiger partial charge in [-0.3, -0.25) is 14.1 Å². The molecule has 29 heavy (non-hydrogen) atoms. The van der Waals surface area contributed by atoms with Gasteiger partial charge in [-0.2, -0.15) is 0 Å². The Morgan fingerprint density at radius 2 is 1.76 bits per heavy atom. The molecule has 0 aromatic carbocycles. The SMILES string of the molecule is O=C(c1nc2sccn2c1CN1CCN(c2ncccn2)CC1)N1CCCCC1. The van der Waals surface area contributed by atoms with Crippen molar-refractivity contribution < 1.29 is 4.79 Å². The van der Waals surface area contributed by atoms with Crippen LogP contribution in [0.15, 0.2) is 30.0 Å².